The third kappa shape index (κ3) is 4.08. The molecule has 0 amide bonds. The zero-order chi connectivity index (χ0) is 14.4. The second kappa shape index (κ2) is 7.31. The van der Waals surface area contributed by atoms with Crippen LogP contribution in [-0.4, -0.2) is 30.1 Å². The van der Waals surface area contributed by atoms with Crippen molar-refractivity contribution in [3.05, 3.63) is 11.4 Å². The summed E-state index contributed by atoms with van der Waals surface area (Å²) in [5, 5.41) is 3.34. The van der Waals surface area contributed by atoms with Crippen molar-refractivity contribution in [2.75, 3.05) is 30.4 Å². The predicted molar refractivity (Wildman–Crippen MR) is 83.0 cm³/mol. The van der Waals surface area contributed by atoms with Gasteiger partial charge in [-0.25, -0.2) is 9.97 Å². The van der Waals surface area contributed by atoms with E-state index in [0.29, 0.717) is 5.92 Å². The summed E-state index contributed by atoms with van der Waals surface area (Å²) in [6, 6.07) is 0. The van der Waals surface area contributed by atoms with E-state index in [1.54, 1.807) is 0 Å². The molecule has 1 atom stereocenters. The third-order valence-electron chi connectivity index (χ3n) is 3.47. The number of aryl methyl sites for hydroxylation is 1. The summed E-state index contributed by atoms with van der Waals surface area (Å²) in [5.74, 6) is 3.61. The minimum atomic E-state index is 0.673. The number of nitrogens with zero attached hydrogens (tertiary/aromatic N) is 3. The summed E-state index contributed by atoms with van der Waals surface area (Å²) in [6.07, 6.45) is 2.05. The first-order valence-corrected chi connectivity index (χ1v) is 7.35. The molecule has 19 heavy (non-hydrogen) atoms. The van der Waals surface area contributed by atoms with Gasteiger partial charge in [-0.05, 0) is 19.8 Å². The van der Waals surface area contributed by atoms with Crippen molar-refractivity contribution in [3.63, 3.8) is 0 Å². The zero-order valence-corrected chi connectivity index (χ0v) is 13.2. The number of hydrogen-bond acceptors (Lipinski definition) is 4. The van der Waals surface area contributed by atoms with Crippen molar-refractivity contribution in [2.45, 2.75) is 47.5 Å². The minimum Gasteiger partial charge on any atom is -0.370 e. The maximum Gasteiger partial charge on any atom is 0.137 e. The molecule has 1 unspecified atom stereocenters. The fourth-order valence-electron chi connectivity index (χ4n) is 2.10. The van der Waals surface area contributed by atoms with Gasteiger partial charge in [0.2, 0.25) is 0 Å². The molecule has 1 aromatic rings. The summed E-state index contributed by atoms with van der Waals surface area (Å²) >= 11 is 0. The highest BCUT2D eigenvalue weighted by atomic mass is 15.2. The van der Waals surface area contributed by atoms with Crippen molar-refractivity contribution in [3.8, 4) is 0 Å². The van der Waals surface area contributed by atoms with E-state index in [2.05, 4.69) is 56.9 Å². The Morgan fingerprint density at radius 3 is 2.42 bits per heavy atom. The number of nitrogens with one attached hydrogen (secondary N) is 1. The van der Waals surface area contributed by atoms with Gasteiger partial charge in [0, 0.05) is 32.1 Å². The number of hydrogen-bond donors (Lipinski definition) is 1. The first kappa shape index (κ1) is 15.7. The fourth-order valence-corrected chi connectivity index (χ4v) is 2.10. The zero-order valence-electron chi connectivity index (χ0n) is 13.2. The monoisotopic (exact) mass is 264 g/mol. The van der Waals surface area contributed by atoms with E-state index < -0.39 is 0 Å². The van der Waals surface area contributed by atoms with E-state index >= 15 is 0 Å². The summed E-state index contributed by atoms with van der Waals surface area (Å²) in [7, 11) is 2.12. The van der Waals surface area contributed by atoms with Crippen LogP contribution in [0.5, 0.6) is 0 Å². The van der Waals surface area contributed by atoms with Crippen molar-refractivity contribution < 1.29 is 0 Å². The Bertz CT molecular complexity index is 403. The Kier molecular flexibility index (Phi) is 6.06. The largest absolute Gasteiger partial charge is 0.370 e. The van der Waals surface area contributed by atoms with Gasteiger partial charge in [0.15, 0.2) is 0 Å². The van der Waals surface area contributed by atoms with Crippen LogP contribution in [0.3, 0.4) is 0 Å². The van der Waals surface area contributed by atoms with Crippen LogP contribution in [0.15, 0.2) is 0 Å². The van der Waals surface area contributed by atoms with E-state index in [9.17, 15) is 0 Å². The molecular weight excluding hydrogens is 236 g/mol. The van der Waals surface area contributed by atoms with Crippen LogP contribution < -0.4 is 10.2 Å². The molecule has 0 saturated heterocycles. The minimum absolute atomic E-state index is 0.673. The highest BCUT2D eigenvalue weighted by molar-refractivity contribution is 5.58. The fraction of sp³-hybridized carbons (Fsp3) is 0.733. The number of aromatic nitrogens is 2. The van der Waals surface area contributed by atoms with E-state index in [-0.39, 0.29) is 0 Å². The Hall–Kier alpha value is -1.32. The maximum atomic E-state index is 4.70. The Balaban J connectivity index is 3.06. The van der Waals surface area contributed by atoms with Crippen LogP contribution >= 0.6 is 0 Å². The highest BCUT2D eigenvalue weighted by Gasteiger charge is 2.14. The maximum absolute atomic E-state index is 4.70. The van der Waals surface area contributed by atoms with Crippen LogP contribution in [0, 0.1) is 12.8 Å². The lowest BCUT2D eigenvalue weighted by Gasteiger charge is -2.25. The summed E-state index contributed by atoms with van der Waals surface area (Å²) < 4.78 is 0. The van der Waals surface area contributed by atoms with Crippen LogP contribution in [0.4, 0.5) is 11.6 Å². The lowest BCUT2D eigenvalue weighted by molar-refractivity contribution is 0.556. The van der Waals surface area contributed by atoms with Gasteiger partial charge < -0.3 is 10.2 Å². The van der Waals surface area contributed by atoms with Crippen LogP contribution in [0.1, 0.15) is 45.5 Å². The molecule has 1 aromatic heterocycles. The summed E-state index contributed by atoms with van der Waals surface area (Å²) in [5.41, 5.74) is 1.14. The topological polar surface area (TPSA) is 41.1 Å². The first-order valence-electron chi connectivity index (χ1n) is 7.35. The van der Waals surface area contributed by atoms with E-state index in [4.69, 9.17) is 4.98 Å². The molecule has 0 aliphatic carbocycles. The van der Waals surface area contributed by atoms with Gasteiger partial charge in [0.25, 0.3) is 0 Å². The van der Waals surface area contributed by atoms with Crippen LogP contribution in [-0.2, 0) is 6.42 Å². The molecule has 1 N–H and O–H groups in total. The van der Waals surface area contributed by atoms with Crippen molar-refractivity contribution in [1.29, 1.82) is 0 Å². The molecule has 0 bridgehead atoms. The SMILES string of the molecule is CCNc1nc(CC)nc(N(C)CC(C)CC)c1C. The lowest BCUT2D eigenvalue weighted by atomic mass is 10.1. The Morgan fingerprint density at radius 1 is 1.21 bits per heavy atom. The molecular formula is C15H28N4. The van der Waals surface area contributed by atoms with Gasteiger partial charge in [0.1, 0.15) is 17.5 Å². The van der Waals surface area contributed by atoms with Gasteiger partial charge in [0.05, 0.1) is 0 Å². The third-order valence-corrected chi connectivity index (χ3v) is 3.47. The average molecular weight is 264 g/mol. The highest BCUT2D eigenvalue weighted by Crippen LogP contribution is 2.23. The van der Waals surface area contributed by atoms with Gasteiger partial charge in [-0.1, -0.05) is 27.2 Å². The van der Waals surface area contributed by atoms with Gasteiger partial charge in [-0.2, -0.15) is 0 Å². The molecule has 108 valence electrons. The molecule has 0 saturated carbocycles. The smallest absolute Gasteiger partial charge is 0.137 e. The van der Waals surface area contributed by atoms with Gasteiger partial charge in [-0.3, -0.25) is 0 Å². The number of rotatable bonds is 7. The molecule has 0 fully saturated rings. The molecule has 0 aliphatic heterocycles. The Morgan fingerprint density at radius 2 is 1.89 bits per heavy atom. The lowest BCUT2D eigenvalue weighted by Crippen LogP contribution is -2.26. The second-order valence-corrected chi connectivity index (χ2v) is 5.21. The molecule has 0 aliphatic rings. The standard InChI is InChI=1S/C15H28N4/c1-7-11(4)10-19(6)15-12(5)14(16-9-3)17-13(8-2)18-15/h11H,7-10H2,1-6H3,(H,16,17,18). The van der Waals surface area contributed by atoms with Crippen LogP contribution in [0.25, 0.3) is 0 Å². The van der Waals surface area contributed by atoms with Gasteiger partial charge >= 0.3 is 0 Å². The molecule has 0 radical (unpaired) electrons. The van der Waals surface area contributed by atoms with Crippen molar-refractivity contribution in [2.24, 2.45) is 5.92 Å². The molecule has 4 nitrogen and oxygen atoms in total. The Labute approximate surface area is 117 Å². The molecule has 1 rings (SSSR count). The molecule has 0 spiro atoms. The van der Waals surface area contributed by atoms with Crippen molar-refractivity contribution in [1.82, 2.24) is 9.97 Å². The van der Waals surface area contributed by atoms with E-state index in [0.717, 1.165) is 42.5 Å². The second-order valence-electron chi connectivity index (χ2n) is 5.21. The summed E-state index contributed by atoms with van der Waals surface area (Å²) in [6.45, 7) is 12.7. The molecule has 1 heterocycles. The summed E-state index contributed by atoms with van der Waals surface area (Å²) in [4.78, 5) is 11.5. The van der Waals surface area contributed by atoms with E-state index in [1.807, 2.05) is 0 Å². The van der Waals surface area contributed by atoms with Crippen molar-refractivity contribution >= 4 is 11.6 Å². The molecule has 4 heteroatoms. The van der Waals surface area contributed by atoms with E-state index in [1.165, 1.54) is 6.42 Å². The first-order chi connectivity index (χ1) is 9.03. The number of anilines is 2. The normalized spacial score (nSPS) is 12.3. The average Bonchev–Trinajstić information content (AvgIpc) is 2.40. The quantitative estimate of drug-likeness (QED) is 0.820. The van der Waals surface area contributed by atoms with Gasteiger partial charge in [-0.15, -0.1) is 0 Å². The molecule has 0 aromatic carbocycles. The van der Waals surface area contributed by atoms with Crippen LogP contribution in [0.2, 0.25) is 0 Å². The predicted octanol–water partition coefficient (Wildman–Crippen LogP) is 3.26.